The summed E-state index contributed by atoms with van der Waals surface area (Å²) in [6.07, 6.45) is 3.29. The first-order chi connectivity index (χ1) is 3.79. The number of aliphatic imine (C=N–C) groups is 1. The molecule has 42 valence electrons. The van der Waals surface area contributed by atoms with Crippen molar-refractivity contribution in [1.29, 1.82) is 0 Å². The summed E-state index contributed by atoms with van der Waals surface area (Å²) < 4.78 is 0.916. The Bertz CT molecular complexity index is 171. The van der Waals surface area contributed by atoms with Gasteiger partial charge < -0.3 is 0 Å². The Morgan fingerprint density at radius 1 is 1.75 bits per heavy atom. The monoisotopic (exact) mass is 221 g/mol. The van der Waals surface area contributed by atoms with E-state index < -0.39 is 0 Å². The van der Waals surface area contributed by atoms with E-state index in [4.69, 9.17) is 0 Å². The summed E-state index contributed by atoms with van der Waals surface area (Å²) in [6.45, 7) is 0.326. The first-order valence-corrected chi connectivity index (χ1v) is 3.27. The smallest absolute Gasteiger partial charge is 0.178 e. The van der Waals surface area contributed by atoms with Crippen molar-refractivity contribution >= 4 is 34.6 Å². The Morgan fingerprint density at radius 3 is 2.88 bits per heavy atom. The molecule has 0 saturated carbocycles. The molecule has 0 aromatic carbocycles. The van der Waals surface area contributed by atoms with Gasteiger partial charge in [0.15, 0.2) is 5.78 Å². The Hall–Kier alpha value is -0.190. The quantitative estimate of drug-likeness (QED) is 0.560. The van der Waals surface area contributed by atoms with Gasteiger partial charge in [0, 0.05) is 9.79 Å². The van der Waals surface area contributed by atoms with E-state index in [1.165, 1.54) is 0 Å². The van der Waals surface area contributed by atoms with Crippen LogP contribution < -0.4 is 0 Å². The summed E-state index contributed by atoms with van der Waals surface area (Å²) in [7, 11) is 0. The Labute approximate surface area is 60.8 Å². The minimum Gasteiger partial charge on any atom is -0.293 e. The van der Waals surface area contributed by atoms with Crippen LogP contribution in [0.3, 0.4) is 0 Å². The van der Waals surface area contributed by atoms with Crippen molar-refractivity contribution in [3.63, 3.8) is 0 Å². The van der Waals surface area contributed by atoms with E-state index in [0.717, 1.165) is 3.58 Å². The molecule has 0 aromatic heterocycles. The molecule has 0 aromatic rings. The zero-order valence-electron chi connectivity index (χ0n) is 4.10. The van der Waals surface area contributed by atoms with E-state index in [9.17, 15) is 4.79 Å². The van der Waals surface area contributed by atoms with Crippen LogP contribution in [0.25, 0.3) is 0 Å². The van der Waals surface area contributed by atoms with Crippen LogP contribution in [0, 0.1) is 0 Å². The average Bonchev–Trinajstić information content (AvgIpc) is 1.64. The Kier molecular flexibility index (Phi) is 1.77. The van der Waals surface area contributed by atoms with E-state index in [2.05, 4.69) is 27.6 Å². The van der Waals surface area contributed by atoms with Crippen LogP contribution in [0.5, 0.6) is 0 Å². The first kappa shape index (κ1) is 5.94. The molecule has 1 rings (SSSR count). The van der Waals surface area contributed by atoms with Crippen molar-refractivity contribution in [3.8, 4) is 0 Å². The number of hydrogen-bond donors (Lipinski definition) is 0. The summed E-state index contributed by atoms with van der Waals surface area (Å²) in [5.74, 6) is 0.0944. The zero-order chi connectivity index (χ0) is 5.98. The van der Waals surface area contributed by atoms with Crippen LogP contribution in [0.2, 0.25) is 0 Å². The maximum absolute atomic E-state index is 10.5. The van der Waals surface area contributed by atoms with Gasteiger partial charge in [0.1, 0.15) is 6.54 Å². The van der Waals surface area contributed by atoms with Gasteiger partial charge in [-0.1, -0.05) is 0 Å². The van der Waals surface area contributed by atoms with Crippen LogP contribution in [-0.4, -0.2) is 18.5 Å². The number of carbonyl (C=O) groups excluding carboxylic acids is 1. The molecule has 0 unspecified atom stereocenters. The maximum atomic E-state index is 10.5. The van der Waals surface area contributed by atoms with Gasteiger partial charge in [-0.3, -0.25) is 9.79 Å². The highest BCUT2D eigenvalue weighted by Crippen LogP contribution is 2.05. The molecule has 3 heteroatoms. The number of allylic oxidation sites excluding steroid dienone is 1. The predicted molar refractivity (Wildman–Crippen MR) is 40.5 cm³/mol. The van der Waals surface area contributed by atoms with E-state index in [1.807, 2.05) is 0 Å². The molecule has 1 aliphatic rings. The standard InChI is InChI=1S/C5H4INO/c6-4-1-5(8)3-7-2-4/h1-2H,3H2. The van der Waals surface area contributed by atoms with Gasteiger partial charge >= 0.3 is 0 Å². The minimum absolute atomic E-state index is 0.0944. The summed E-state index contributed by atoms with van der Waals surface area (Å²) >= 11 is 2.06. The van der Waals surface area contributed by atoms with Crippen LogP contribution >= 0.6 is 22.6 Å². The lowest BCUT2D eigenvalue weighted by atomic mass is 10.3. The number of hydrogen-bond acceptors (Lipinski definition) is 2. The molecule has 2 nitrogen and oxygen atoms in total. The normalized spacial score (nSPS) is 18.6. The third-order valence-corrected chi connectivity index (χ3v) is 1.35. The molecule has 0 bridgehead atoms. The summed E-state index contributed by atoms with van der Waals surface area (Å²) in [6, 6.07) is 0. The number of rotatable bonds is 0. The maximum Gasteiger partial charge on any atom is 0.178 e. The van der Waals surface area contributed by atoms with Crippen LogP contribution in [0.1, 0.15) is 0 Å². The highest BCUT2D eigenvalue weighted by Gasteiger charge is 2.00. The largest absolute Gasteiger partial charge is 0.293 e. The second kappa shape index (κ2) is 2.39. The number of halogens is 1. The molecule has 0 saturated heterocycles. The molecular formula is C5H4INO. The fraction of sp³-hybridized carbons (Fsp3) is 0.200. The second-order valence-electron chi connectivity index (χ2n) is 1.47. The molecule has 0 spiro atoms. The molecular weight excluding hydrogens is 217 g/mol. The van der Waals surface area contributed by atoms with Gasteiger partial charge in [0.25, 0.3) is 0 Å². The lowest BCUT2D eigenvalue weighted by Crippen LogP contribution is -2.03. The highest BCUT2D eigenvalue weighted by molar-refractivity contribution is 14.1. The van der Waals surface area contributed by atoms with Gasteiger partial charge in [-0.25, -0.2) is 0 Å². The molecule has 0 radical (unpaired) electrons. The Morgan fingerprint density at radius 2 is 2.50 bits per heavy atom. The van der Waals surface area contributed by atoms with Crippen molar-refractivity contribution in [2.75, 3.05) is 6.54 Å². The van der Waals surface area contributed by atoms with Gasteiger partial charge in [-0.05, 0) is 28.7 Å². The third kappa shape index (κ3) is 1.40. The lowest BCUT2D eigenvalue weighted by molar-refractivity contribution is -0.113. The molecule has 1 aliphatic heterocycles. The molecule has 0 N–H and O–H groups in total. The van der Waals surface area contributed by atoms with Gasteiger partial charge in [-0.15, -0.1) is 0 Å². The van der Waals surface area contributed by atoms with Crippen molar-refractivity contribution in [3.05, 3.63) is 9.66 Å². The third-order valence-electron chi connectivity index (χ3n) is 0.761. The zero-order valence-corrected chi connectivity index (χ0v) is 6.25. The molecule has 0 aliphatic carbocycles. The topological polar surface area (TPSA) is 29.4 Å². The van der Waals surface area contributed by atoms with E-state index in [-0.39, 0.29) is 5.78 Å². The predicted octanol–water partition coefficient (Wildman–Crippen LogP) is 0.959. The minimum atomic E-state index is 0.0944. The second-order valence-corrected chi connectivity index (χ2v) is 2.71. The summed E-state index contributed by atoms with van der Waals surface area (Å²) in [5, 5.41) is 0. The van der Waals surface area contributed by atoms with Crippen molar-refractivity contribution in [1.82, 2.24) is 0 Å². The van der Waals surface area contributed by atoms with Crippen molar-refractivity contribution < 1.29 is 4.79 Å². The van der Waals surface area contributed by atoms with E-state index in [1.54, 1.807) is 12.3 Å². The average molecular weight is 221 g/mol. The van der Waals surface area contributed by atoms with Crippen molar-refractivity contribution in [2.24, 2.45) is 4.99 Å². The van der Waals surface area contributed by atoms with E-state index in [0.29, 0.717) is 6.54 Å². The van der Waals surface area contributed by atoms with Crippen molar-refractivity contribution in [2.45, 2.75) is 0 Å². The molecule has 0 atom stereocenters. The number of carbonyl (C=O) groups is 1. The highest BCUT2D eigenvalue weighted by atomic mass is 127. The molecule has 0 amide bonds. The first-order valence-electron chi connectivity index (χ1n) is 2.19. The number of ketones is 1. The SMILES string of the molecule is O=C1C=C(I)C=NC1. The van der Waals surface area contributed by atoms with Gasteiger partial charge in [0.2, 0.25) is 0 Å². The summed E-state index contributed by atoms with van der Waals surface area (Å²) in [4.78, 5) is 14.3. The van der Waals surface area contributed by atoms with Crippen LogP contribution in [-0.2, 0) is 4.79 Å². The molecule has 0 fully saturated rings. The van der Waals surface area contributed by atoms with Gasteiger partial charge in [0.05, 0.1) is 0 Å². The summed E-state index contributed by atoms with van der Waals surface area (Å²) in [5.41, 5.74) is 0. The van der Waals surface area contributed by atoms with E-state index >= 15 is 0 Å². The number of dihydropyridines is 1. The fourth-order valence-corrected chi connectivity index (χ4v) is 1.00. The van der Waals surface area contributed by atoms with Gasteiger partial charge in [-0.2, -0.15) is 0 Å². The Balaban J connectivity index is 2.77. The molecule has 8 heavy (non-hydrogen) atoms. The van der Waals surface area contributed by atoms with Crippen LogP contribution in [0.4, 0.5) is 0 Å². The fourth-order valence-electron chi connectivity index (χ4n) is 0.460. The number of nitrogens with zero attached hydrogens (tertiary/aromatic N) is 1. The van der Waals surface area contributed by atoms with Crippen LogP contribution in [0.15, 0.2) is 14.6 Å². The molecule has 1 heterocycles. The lowest BCUT2D eigenvalue weighted by Gasteiger charge is -1.94.